The molecule has 0 atom stereocenters. The maximum Gasteiger partial charge on any atom is 0.337 e. The average molecular weight is 376 g/mol. The summed E-state index contributed by atoms with van der Waals surface area (Å²) in [6.45, 7) is 0. The Balaban J connectivity index is 1.80. The third kappa shape index (κ3) is 3.52. The number of carbonyl (C=O) groups excluding carboxylic acids is 2. The number of esters is 1. The molecule has 1 aliphatic carbocycles. The van der Waals surface area contributed by atoms with E-state index in [1.165, 1.54) is 26.4 Å². The summed E-state index contributed by atoms with van der Waals surface area (Å²) >= 11 is 0. The van der Waals surface area contributed by atoms with Gasteiger partial charge in [0.25, 0.3) is 5.91 Å². The van der Waals surface area contributed by atoms with Gasteiger partial charge in [-0.15, -0.1) is 0 Å². The Bertz CT molecular complexity index is 928. The fourth-order valence-electron chi connectivity index (χ4n) is 4.02. The molecule has 2 aliphatic rings. The van der Waals surface area contributed by atoms with Crippen LogP contribution in [0.25, 0.3) is 11.3 Å². The van der Waals surface area contributed by atoms with E-state index in [0.29, 0.717) is 22.9 Å². The number of ether oxygens (including phenoxy) is 1. The van der Waals surface area contributed by atoms with Gasteiger partial charge in [-0.3, -0.25) is 4.79 Å². The second-order valence-corrected chi connectivity index (χ2v) is 7.30. The molecule has 1 fully saturated rings. The third-order valence-corrected chi connectivity index (χ3v) is 5.45. The highest BCUT2D eigenvalue weighted by Crippen LogP contribution is 2.37. The molecule has 1 amide bonds. The lowest BCUT2D eigenvalue weighted by Crippen LogP contribution is -2.31. The zero-order valence-corrected chi connectivity index (χ0v) is 16.0. The van der Waals surface area contributed by atoms with Crippen LogP contribution in [0.1, 0.15) is 53.6 Å². The molecular weight excluding hydrogens is 352 g/mol. The van der Waals surface area contributed by atoms with Crippen molar-refractivity contribution in [1.82, 2.24) is 5.32 Å². The van der Waals surface area contributed by atoms with Crippen LogP contribution in [0.3, 0.4) is 0 Å². The van der Waals surface area contributed by atoms with E-state index in [2.05, 4.69) is 10.6 Å². The van der Waals surface area contributed by atoms with Gasteiger partial charge in [-0.1, -0.05) is 55.7 Å². The first kappa shape index (κ1) is 18.3. The van der Waals surface area contributed by atoms with Crippen molar-refractivity contribution in [3.05, 3.63) is 65.2 Å². The summed E-state index contributed by atoms with van der Waals surface area (Å²) in [5, 5.41) is 6.57. The van der Waals surface area contributed by atoms with Crippen molar-refractivity contribution in [1.29, 1.82) is 0 Å². The van der Waals surface area contributed by atoms with Crippen LogP contribution in [0.4, 0.5) is 5.69 Å². The first-order chi connectivity index (χ1) is 13.7. The van der Waals surface area contributed by atoms with Crippen molar-refractivity contribution in [2.75, 3.05) is 12.4 Å². The van der Waals surface area contributed by atoms with Crippen LogP contribution < -0.4 is 10.6 Å². The highest BCUT2D eigenvalue weighted by atomic mass is 16.5. The van der Waals surface area contributed by atoms with E-state index in [1.54, 1.807) is 12.1 Å². The van der Waals surface area contributed by atoms with Gasteiger partial charge in [0, 0.05) is 11.6 Å². The Morgan fingerprint density at radius 2 is 1.79 bits per heavy atom. The molecular formula is C23H24N2O3. The van der Waals surface area contributed by atoms with Gasteiger partial charge in [0.05, 0.1) is 29.6 Å². The van der Waals surface area contributed by atoms with Gasteiger partial charge in [-0.05, 0) is 30.5 Å². The zero-order valence-electron chi connectivity index (χ0n) is 16.0. The summed E-state index contributed by atoms with van der Waals surface area (Å²) in [5.41, 5.74) is 4.34. The van der Waals surface area contributed by atoms with E-state index >= 15 is 0 Å². The molecule has 0 unspecified atom stereocenters. The van der Waals surface area contributed by atoms with Crippen molar-refractivity contribution in [3.63, 3.8) is 0 Å². The summed E-state index contributed by atoms with van der Waals surface area (Å²) in [6, 6.07) is 15.5. The van der Waals surface area contributed by atoms with Crippen LogP contribution >= 0.6 is 0 Å². The van der Waals surface area contributed by atoms with Gasteiger partial charge < -0.3 is 15.4 Å². The van der Waals surface area contributed by atoms with Crippen LogP contribution in [-0.4, -0.2) is 25.0 Å². The predicted octanol–water partition coefficient (Wildman–Crippen LogP) is 4.22. The maximum absolute atomic E-state index is 12.9. The van der Waals surface area contributed by atoms with Crippen LogP contribution in [0.2, 0.25) is 0 Å². The second kappa shape index (κ2) is 7.89. The number of anilines is 1. The number of hydrogen-bond acceptors (Lipinski definition) is 4. The zero-order chi connectivity index (χ0) is 19.5. The van der Waals surface area contributed by atoms with Crippen molar-refractivity contribution in [2.45, 2.75) is 38.1 Å². The molecule has 2 aromatic rings. The van der Waals surface area contributed by atoms with Crippen molar-refractivity contribution >= 4 is 28.8 Å². The molecule has 5 heteroatoms. The van der Waals surface area contributed by atoms with Gasteiger partial charge >= 0.3 is 5.97 Å². The second-order valence-electron chi connectivity index (χ2n) is 7.30. The first-order valence-corrected chi connectivity index (χ1v) is 9.77. The topological polar surface area (TPSA) is 67.4 Å². The fraction of sp³-hybridized carbons (Fsp3) is 0.304. The largest absolute Gasteiger partial charge is 0.465 e. The smallest absolute Gasteiger partial charge is 0.337 e. The van der Waals surface area contributed by atoms with E-state index in [4.69, 9.17) is 4.74 Å². The van der Waals surface area contributed by atoms with Crippen LogP contribution in [0.5, 0.6) is 0 Å². The van der Waals surface area contributed by atoms with E-state index in [9.17, 15) is 9.59 Å². The minimum Gasteiger partial charge on any atom is -0.465 e. The molecule has 4 rings (SSSR count). The number of rotatable bonds is 4. The molecule has 0 aromatic heterocycles. The van der Waals surface area contributed by atoms with Crippen LogP contribution in [0.15, 0.2) is 48.5 Å². The Morgan fingerprint density at radius 3 is 2.50 bits per heavy atom. The highest BCUT2D eigenvalue weighted by Gasteiger charge is 2.30. The summed E-state index contributed by atoms with van der Waals surface area (Å²) in [4.78, 5) is 24.7. The minimum absolute atomic E-state index is 0.154. The number of amides is 1. The van der Waals surface area contributed by atoms with Crippen molar-refractivity contribution in [3.8, 4) is 0 Å². The highest BCUT2D eigenvalue weighted by molar-refractivity contribution is 6.36. The Morgan fingerprint density at radius 1 is 1.04 bits per heavy atom. The van der Waals surface area contributed by atoms with Gasteiger partial charge in [-0.2, -0.15) is 0 Å². The molecule has 1 heterocycles. The summed E-state index contributed by atoms with van der Waals surface area (Å²) in [7, 11) is 1.35. The van der Waals surface area contributed by atoms with E-state index < -0.39 is 5.97 Å². The standard InChI is InChI=1S/C23H24N2O3/c1-28-23(27)16-12-13-18-19(14-16)25-22(26)20(18)21(15-8-4-2-5-9-15)24-17-10-6-3-7-11-17/h2,4-5,8-9,12-14,17,24H,3,6-7,10-11H2,1H3,(H,25,26). The van der Waals surface area contributed by atoms with Gasteiger partial charge in [0.2, 0.25) is 0 Å². The Hall–Kier alpha value is -3.08. The molecule has 28 heavy (non-hydrogen) atoms. The lowest BCUT2D eigenvalue weighted by molar-refractivity contribution is -0.110. The lowest BCUT2D eigenvalue weighted by Gasteiger charge is -2.26. The third-order valence-electron chi connectivity index (χ3n) is 5.45. The molecule has 1 aliphatic heterocycles. The fourth-order valence-corrected chi connectivity index (χ4v) is 4.02. The molecule has 0 bridgehead atoms. The number of nitrogens with one attached hydrogen (secondary N) is 2. The molecule has 0 saturated heterocycles. The molecule has 2 aromatic carbocycles. The molecule has 0 spiro atoms. The minimum atomic E-state index is -0.418. The van der Waals surface area contributed by atoms with Crippen molar-refractivity contribution in [2.24, 2.45) is 0 Å². The number of hydrogen-bond donors (Lipinski definition) is 2. The normalized spacial score (nSPS) is 18.2. The Labute approximate surface area is 164 Å². The van der Waals surface area contributed by atoms with E-state index in [1.807, 2.05) is 36.4 Å². The summed E-state index contributed by atoms with van der Waals surface area (Å²) in [5.74, 6) is -0.572. The molecule has 144 valence electrons. The van der Waals surface area contributed by atoms with E-state index in [0.717, 1.165) is 29.7 Å². The summed E-state index contributed by atoms with van der Waals surface area (Å²) < 4.78 is 4.79. The van der Waals surface area contributed by atoms with Gasteiger partial charge in [0.15, 0.2) is 0 Å². The van der Waals surface area contributed by atoms with Crippen LogP contribution in [0, 0.1) is 0 Å². The molecule has 1 saturated carbocycles. The average Bonchev–Trinajstić information content (AvgIpc) is 3.07. The van der Waals surface area contributed by atoms with E-state index in [-0.39, 0.29) is 5.91 Å². The number of carbonyl (C=O) groups is 2. The quantitative estimate of drug-likeness (QED) is 0.619. The first-order valence-electron chi connectivity index (χ1n) is 9.77. The Kier molecular flexibility index (Phi) is 5.15. The van der Waals surface area contributed by atoms with Gasteiger partial charge in [0.1, 0.15) is 0 Å². The summed E-state index contributed by atoms with van der Waals surface area (Å²) in [6.07, 6.45) is 5.91. The van der Waals surface area contributed by atoms with Gasteiger partial charge in [-0.25, -0.2) is 4.79 Å². The number of benzene rings is 2. The monoisotopic (exact) mass is 376 g/mol. The maximum atomic E-state index is 12.9. The molecule has 5 nitrogen and oxygen atoms in total. The molecule has 2 N–H and O–H groups in total. The SMILES string of the molecule is COC(=O)c1ccc2c(c1)NC(=O)C2=C(NC1CCCCC1)c1ccccc1. The number of methoxy groups -OCH3 is 1. The lowest BCUT2D eigenvalue weighted by atomic mass is 9.93. The molecule has 0 radical (unpaired) electrons. The van der Waals surface area contributed by atoms with Crippen LogP contribution in [-0.2, 0) is 9.53 Å². The number of fused-ring (bicyclic) bond motifs is 1. The predicted molar refractivity (Wildman–Crippen MR) is 110 cm³/mol. The van der Waals surface area contributed by atoms with Crippen molar-refractivity contribution < 1.29 is 14.3 Å².